The van der Waals surface area contributed by atoms with Crippen LogP contribution in [0.25, 0.3) is 0 Å². The Bertz CT molecular complexity index is 407. The lowest BCUT2D eigenvalue weighted by atomic mass is 9.74. The van der Waals surface area contributed by atoms with Crippen molar-refractivity contribution < 1.29 is 18.3 Å². The van der Waals surface area contributed by atoms with Crippen LogP contribution in [0.1, 0.15) is 46.5 Å². The van der Waals surface area contributed by atoms with Crippen molar-refractivity contribution in [1.29, 1.82) is 0 Å². The Hall–Kier alpha value is -0.660. The van der Waals surface area contributed by atoms with Gasteiger partial charge in [0.1, 0.15) is 5.54 Å². The highest BCUT2D eigenvalue weighted by atomic mass is 32.2. The van der Waals surface area contributed by atoms with Crippen molar-refractivity contribution in [3.05, 3.63) is 0 Å². The van der Waals surface area contributed by atoms with Crippen molar-refractivity contribution in [1.82, 2.24) is 9.44 Å². The minimum absolute atomic E-state index is 0.215. The zero-order valence-corrected chi connectivity index (χ0v) is 11.9. The second-order valence-electron chi connectivity index (χ2n) is 5.30. The predicted molar refractivity (Wildman–Crippen MR) is 68.3 cm³/mol. The van der Waals surface area contributed by atoms with Crippen LogP contribution >= 0.6 is 0 Å². The van der Waals surface area contributed by atoms with Gasteiger partial charge in [-0.25, -0.2) is 0 Å². The van der Waals surface area contributed by atoms with E-state index in [9.17, 15) is 18.3 Å². The van der Waals surface area contributed by atoms with Gasteiger partial charge >= 0.3 is 5.97 Å². The molecule has 1 saturated carbocycles. The Kier molecular flexibility index (Phi) is 4.74. The molecule has 0 amide bonds. The highest BCUT2D eigenvalue weighted by Gasteiger charge is 2.47. The zero-order valence-electron chi connectivity index (χ0n) is 11.1. The summed E-state index contributed by atoms with van der Waals surface area (Å²) in [6.07, 6.45) is 2.72. The van der Waals surface area contributed by atoms with Crippen LogP contribution < -0.4 is 9.44 Å². The number of aliphatic carboxylic acids is 1. The average Bonchev–Trinajstić information content (AvgIpc) is 2.18. The van der Waals surface area contributed by atoms with Crippen LogP contribution in [-0.4, -0.2) is 31.1 Å². The molecule has 1 rings (SSSR count). The van der Waals surface area contributed by atoms with Crippen molar-refractivity contribution in [2.75, 3.05) is 0 Å². The molecule has 0 aromatic rings. The normalized spacial score (nSPS) is 29.4. The van der Waals surface area contributed by atoms with Gasteiger partial charge < -0.3 is 5.11 Å². The number of carboxylic acid groups (broad SMARTS) is 1. The van der Waals surface area contributed by atoms with E-state index in [1.54, 1.807) is 20.8 Å². The first kappa shape index (κ1) is 15.4. The molecular weight excluding hydrogens is 256 g/mol. The fourth-order valence-corrected chi connectivity index (χ4v) is 3.99. The smallest absolute Gasteiger partial charge is 0.325 e. The van der Waals surface area contributed by atoms with Gasteiger partial charge in [-0.3, -0.25) is 4.79 Å². The van der Waals surface area contributed by atoms with Crippen LogP contribution in [0.5, 0.6) is 0 Å². The molecule has 0 aromatic heterocycles. The van der Waals surface area contributed by atoms with Gasteiger partial charge in [-0.2, -0.15) is 17.9 Å². The van der Waals surface area contributed by atoms with Crippen molar-refractivity contribution in [2.45, 2.75) is 58.0 Å². The lowest BCUT2D eigenvalue weighted by molar-refractivity contribution is -0.147. The summed E-state index contributed by atoms with van der Waals surface area (Å²) in [7, 11) is -3.80. The Morgan fingerprint density at radius 1 is 1.39 bits per heavy atom. The fraction of sp³-hybridized carbons (Fsp3) is 0.909. The molecule has 1 aliphatic rings. The van der Waals surface area contributed by atoms with Gasteiger partial charge in [-0.1, -0.05) is 19.8 Å². The van der Waals surface area contributed by atoms with Crippen molar-refractivity contribution in [3.63, 3.8) is 0 Å². The van der Waals surface area contributed by atoms with Crippen LogP contribution in [0.15, 0.2) is 0 Å². The van der Waals surface area contributed by atoms with Gasteiger partial charge in [0.2, 0.25) is 0 Å². The number of hydrogen-bond acceptors (Lipinski definition) is 3. The maximum Gasteiger partial charge on any atom is 0.325 e. The molecule has 3 N–H and O–H groups in total. The number of carboxylic acids is 1. The highest BCUT2D eigenvalue weighted by Crippen LogP contribution is 2.34. The maximum atomic E-state index is 11.9. The van der Waals surface area contributed by atoms with Crippen molar-refractivity contribution >= 4 is 16.2 Å². The summed E-state index contributed by atoms with van der Waals surface area (Å²) < 4.78 is 28.5. The Morgan fingerprint density at radius 3 is 2.44 bits per heavy atom. The van der Waals surface area contributed by atoms with E-state index in [0.717, 1.165) is 19.3 Å². The second kappa shape index (κ2) is 5.54. The van der Waals surface area contributed by atoms with E-state index in [1.165, 1.54) is 0 Å². The standard InChI is InChI=1S/C11H22N2O4S/c1-8(2)12-18(16,17)13-11(10(14)15)7-5-4-6-9(11)3/h8-9,12-13H,4-7H2,1-3H3,(H,14,15). The van der Waals surface area contributed by atoms with E-state index in [1.807, 2.05) is 0 Å². The average molecular weight is 278 g/mol. The molecule has 0 aromatic carbocycles. The minimum Gasteiger partial charge on any atom is -0.480 e. The van der Waals surface area contributed by atoms with E-state index < -0.39 is 21.7 Å². The number of nitrogens with one attached hydrogen (secondary N) is 2. The number of hydrogen-bond donors (Lipinski definition) is 3. The highest BCUT2D eigenvalue weighted by molar-refractivity contribution is 7.87. The topological polar surface area (TPSA) is 95.5 Å². The molecule has 0 spiro atoms. The fourth-order valence-electron chi connectivity index (χ4n) is 2.44. The minimum atomic E-state index is -3.80. The predicted octanol–water partition coefficient (Wildman–Crippen LogP) is 0.852. The summed E-state index contributed by atoms with van der Waals surface area (Å²) in [5.74, 6) is -1.31. The molecule has 106 valence electrons. The van der Waals surface area contributed by atoms with Crippen molar-refractivity contribution in [3.8, 4) is 0 Å². The molecule has 1 aliphatic carbocycles. The molecule has 0 radical (unpaired) electrons. The van der Waals surface area contributed by atoms with Gasteiger partial charge in [-0.05, 0) is 32.6 Å². The summed E-state index contributed by atoms with van der Waals surface area (Å²) in [6.45, 7) is 5.17. The van der Waals surface area contributed by atoms with E-state index in [2.05, 4.69) is 9.44 Å². The van der Waals surface area contributed by atoms with Gasteiger partial charge in [0.15, 0.2) is 0 Å². The quantitative estimate of drug-likeness (QED) is 0.695. The Balaban J connectivity index is 2.96. The summed E-state index contributed by atoms with van der Waals surface area (Å²) in [4.78, 5) is 11.5. The SMILES string of the molecule is CC(C)NS(=O)(=O)NC1(C(=O)O)CCCCC1C. The molecule has 2 unspecified atom stereocenters. The Labute approximate surface area is 108 Å². The molecule has 0 bridgehead atoms. The Morgan fingerprint density at radius 2 is 2.00 bits per heavy atom. The maximum absolute atomic E-state index is 11.9. The first-order valence-corrected chi connectivity index (χ1v) is 7.72. The first-order valence-electron chi connectivity index (χ1n) is 6.24. The molecular formula is C11H22N2O4S. The number of rotatable bonds is 5. The molecule has 1 fully saturated rings. The van der Waals surface area contributed by atoms with Crippen LogP contribution in [0.4, 0.5) is 0 Å². The van der Waals surface area contributed by atoms with Crippen LogP contribution in [0.3, 0.4) is 0 Å². The third kappa shape index (κ3) is 3.43. The van der Waals surface area contributed by atoms with Gasteiger partial charge in [0, 0.05) is 6.04 Å². The van der Waals surface area contributed by atoms with Gasteiger partial charge in [0.05, 0.1) is 0 Å². The molecule has 6 nitrogen and oxygen atoms in total. The van der Waals surface area contributed by atoms with Crippen molar-refractivity contribution in [2.24, 2.45) is 5.92 Å². The summed E-state index contributed by atoms with van der Waals surface area (Å²) in [5, 5.41) is 9.40. The van der Waals surface area contributed by atoms with E-state index in [4.69, 9.17) is 0 Å². The summed E-state index contributed by atoms with van der Waals surface area (Å²) in [6, 6.07) is -0.271. The largest absolute Gasteiger partial charge is 0.480 e. The van der Waals surface area contributed by atoms with E-state index >= 15 is 0 Å². The monoisotopic (exact) mass is 278 g/mol. The molecule has 2 atom stereocenters. The third-order valence-electron chi connectivity index (χ3n) is 3.39. The lowest BCUT2D eigenvalue weighted by Gasteiger charge is -2.39. The molecule has 0 aliphatic heterocycles. The first-order chi connectivity index (χ1) is 8.19. The van der Waals surface area contributed by atoms with Crippen LogP contribution in [0.2, 0.25) is 0 Å². The molecule has 7 heteroatoms. The number of carbonyl (C=O) groups is 1. The van der Waals surface area contributed by atoms with Crippen LogP contribution in [-0.2, 0) is 15.0 Å². The van der Waals surface area contributed by atoms with Gasteiger partial charge in [-0.15, -0.1) is 0 Å². The van der Waals surface area contributed by atoms with Gasteiger partial charge in [0.25, 0.3) is 10.2 Å². The van der Waals surface area contributed by atoms with E-state index in [-0.39, 0.29) is 12.0 Å². The molecule has 0 saturated heterocycles. The summed E-state index contributed by atoms with van der Waals surface area (Å²) >= 11 is 0. The third-order valence-corrected chi connectivity index (χ3v) is 4.80. The molecule has 18 heavy (non-hydrogen) atoms. The summed E-state index contributed by atoms with van der Waals surface area (Å²) in [5.41, 5.74) is -1.38. The van der Waals surface area contributed by atoms with E-state index in [0.29, 0.717) is 6.42 Å². The van der Waals surface area contributed by atoms with Crippen LogP contribution in [0, 0.1) is 5.92 Å². The zero-order chi connectivity index (χ0) is 14.0. The second-order valence-corrected chi connectivity index (χ2v) is 6.75. The molecule has 0 heterocycles. The lowest BCUT2D eigenvalue weighted by Crippen LogP contribution is -2.62.